The summed E-state index contributed by atoms with van der Waals surface area (Å²) in [6, 6.07) is 8.28. The maximum absolute atomic E-state index is 12.6. The van der Waals surface area contributed by atoms with Crippen molar-refractivity contribution in [2.45, 2.75) is 46.2 Å². The molecule has 130 valence electrons. The number of amides is 1. The number of para-hydroxylation sites is 2. The van der Waals surface area contributed by atoms with Gasteiger partial charge in [0.05, 0.1) is 28.8 Å². The molecule has 0 aliphatic heterocycles. The van der Waals surface area contributed by atoms with E-state index in [-0.39, 0.29) is 11.9 Å². The number of hydrogen-bond donors (Lipinski definition) is 1. The molecule has 0 atom stereocenters. The fourth-order valence-electron chi connectivity index (χ4n) is 3.03. The van der Waals surface area contributed by atoms with Crippen molar-refractivity contribution in [2.24, 2.45) is 0 Å². The van der Waals surface area contributed by atoms with Crippen molar-refractivity contribution in [2.75, 3.05) is 0 Å². The molecule has 0 aliphatic rings. The number of fused-ring (bicyclic) bond motifs is 1. The van der Waals surface area contributed by atoms with E-state index < -0.39 is 0 Å². The van der Waals surface area contributed by atoms with Gasteiger partial charge in [-0.25, -0.2) is 15.0 Å². The Balaban J connectivity index is 1.83. The van der Waals surface area contributed by atoms with E-state index in [0.29, 0.717) is 12.1 Å². The second-order valence-electron chi connectivity index (χ2n) is 6.30. The maximum Gasteiger partial charge on any atom is 0.255 e. The minimum atomic E-state index is -0.161. The lowest BCUT2D eigenvalue weighted by molar-refractivity contribution is 0.0947. The first-order valence-corrected chi connectivity index (χ1v) is 8.64. The van der Waals surface area contributed by atoms with Gasteiger partial charge in [0.1, 0.15) is 12.2 Å². The minimum Gasteiger partial charge on any atom is -0.345 e. The second kappa shape index (κ2) is 7.42. The average molecular weight is 337 g/mol. The minimum absolute atomic E-state index is 0.161. The number of hydrogen-bond acceptors (Lipinski definition) is 4. The molecule has 6 heteroatoms. The van der Waals surface area contributed by atoms with E-state index >= 15 is 0 Å². The summed E-state index contributed by atoms with van der Waals surface area (Å²) >= 11 is 0. The van der Waals surface area contributed by atoms with Crippen molar-refractivity contribution in [3.05, 3.63) is 53.9 Å². The molecule has 0 fully saturated rings. The van der Waals surface area contributed by atoms with Crippen LogP contribution in [0.25, 0.3) is 11.0 Å². The summed E-state index contributed by atoms with van der Waals surface area (Å²) < 4.78 is 2.16. The number of carbonyl (C=O) groups is 1. The van der Waals surface area contributed by atoms with Gasteiger partial charge in [0, 0.05) is 12.2 Å². The Bertz CT molecular complexity index is 884. The molecule has 3 rings (SSSR count). The standard InChI is InChI=1S/C19H23N5O/c1-4-7-15-14(10-20-12-22-15)19(25)21-11-18-23-16-8-5-6-9-17(16)24(18)13(2)3/h5-6,8-10,12-13H,4,7,11H2,1-3H3,(H,21,25). The van der Waals surface area contributed by atoms with E-state index in [9.17, 15) is 4.79 Å². The molecule has 1 N–H and O–H groups in total. The van der Waals surface area contributed by atoms with Crippen molar-refractivity contribution in [1.29, 1.82) is 0 Å². The molecule has 6 nitrogen and oxygen atoms in total. The van der Waals surface area contributed by atoms with Crippen LogP contribution in [0.1, 0.15) is 55.1 Å². The molecule has 25 heavy (non-hydrogen) atoms. The quantitative estimate of drug-likeness (QED) is 0.749. The molecule has 1 aromatic carbocycles. The molecule has 0 spiro atoms. The van der Waals surface area contributed by atoms with Gasteiger partial charge in [-0.05, 0) is 32.4 Å². The zero-order valence-electron chi connectivity index (χ0n) is 14.9. The third-order valence-corrected chi connectivity index (χ3v) is 4.12. The van der Waals surface area contributed by atoms with Crippen LogP contribution in [-0.2, 0) is 13.0 Å². The van der Waals surface area contributed by atoms with Gasteiger partial charge in [-0.15, -0.1) is 0 Å². The third kappa shape index (κ3) is 3.52. The normalized spacial score (nSPS) is 11.2. The first-order valence-electron chi connectivity index (χ1n) is 8.64. The van der Waals surface area contributed by atoms with Crippen LogP contribution in [0.2, 0.25) is 0 Å². The number of carbonyl (C=O) groups excluding carboxylic acids is 1. The number of nitrogens with one attached hydrogen (secondary N) is 1. The first-order chi connectivity index (χ1) is 12.1. The Morgan fingerprint density at radius 3 is 2.84 bits per heavy atom. The summed E-state index contributed by atoms with van der Waals surface area (Å²) in [6.07, 6.45) is 4.76. The van der Waals surface area contributed by atoms with Crippen molar-refractivity contribution in [3.8, 4) is 0 Å². The predicted molar refractivity (Wildman–Crippen MR) is 97.3 cm³/mol. The summed E-state index contributed by atoms with van der Waals surface area (Å²) in [5, 5.41) is 2.97. The fourth-order valence-corrected chi connectivity index (χ4v) is 3.03. The van der Waals surface area contributed by atoms with Crippen LogP contribution in [0.3, 0.4) is 0 Å². The number of aromatic nitrogens is 4. The number of rotatable bonds is 6. The SMILES string of the molecule is CCCc1ncncc1C(=O)NCc1nc2ccccc2n1C(C)C. The third-order valence-electron chi connectivity index (χ3n) is 4.12. The molecular weight excluding hydrogens is 314 g/mol. The van der Waals surface area contributed by atoms with E-state index in [1.807, 2.05) is 18.2 Å². The number of nitrogens with zero attached hydrogens (tertiary/aromatic N) is 4. The second-order valence-corrected chi connectivity index (χ2v) is 6.30. The van der Waals surface area contributed by atoms with Crippen LogP contribution in [0.4, 0.5) is 0 Å². The Kier molecular flexibility index (Phi) is 5.07. The van der Waals surface area contributed by atoms with Gasteiger partial charge in [0.15, 0.2) is 0 Å². The molecule has 0 saturated heterocycles. The van der Waals surface area contributed by atoms with E-state index in [1.54, 1.807) is 6.20 Å². The predicted octanol–water partition coefficient (Wildman–Crippen LogP) is 3.29. The van der Waals surface area contributed by atoms with Gasteiger partial charge in [-0.3, -0.25) is 4.79 Å². The van der Waals surface area contributed by atoms with Gasteiger partial charge >= 0.3 is 0 Å². The highest BCUT2D eigenvalue weighted by Gasteiger charge is 2.16. The average Bonchev–Trinajstić information content (AvgIpc) is 2.99. The summed E-state index contributed by atoms with van der Waals surface area (Å²) in [4.78, 5) is 25.5. The lowest BCUT2D eigenvalue weighted by Crippen LogP contribution is -2.26. The van der Waals surface area contributed by atoms with Crippen LogP contribution in [0.5, 0.6) is 0 Å². The highest BCUT2D eigenvalue weighted by Crippen LogP contribution is 2.20. The fraction of sp³-hybridized carbons (Fsp3) is 0.368. The monoisotopic (exact) mass is 337 g/mol. The summed E-state index contributed by atoms with van der Waals surface area (Å²) in [7, 11) is 0. The van der Waals surface area contributed by atoms with Crippen LogP contribution in [0, 0.1) is 0 Å². The van der Waals surface area contributed by atoms with Gasteiger partial charge < -0.3 is 9.88 Å². The summed E-state index contributed by atoms with van der Waals surface area (Å²) in [5.41, 5.74) is 3.34. The molecule has 1 amide bonds. The van der Waals surface area contributed by atoms with E-state index in [2.05, 4.69) is 51.7 Å². The Hall–Kier alpha value is -2.76. The summed E-state index contributed by atoms with van der Waals surface area (Å²) in [5.74, 6) is 0.685. The van der Waals surface area contributed by atoms with Crippen LogP contribution in [-0.4, -0.2) is 25.4 Å². The first kappa shape index (κ1) is 17.1. The Morgan fingerprint density at radius 1 is 1.28 bits per heavy atom. The summed E-state index contributed by atoms with van der Waals surface area (Å²) in [6.45, 7) is 6.66. The zero-order chi connectivity index (χ0) is 17.8. The van der Waals surface area contributed by atoms with Crippen LogP contribution < -0.4 is 5.32 Å². The molecule has 0 unspecified atom stereocenters. The highest BCUT2D eigenvalue weighted by molar-refractivity contribution is 5.94. The Labute approximate surface area is 147 Å². The Morgan fingerprint density at radius 2 is 2.08 bits per heavy atom. The van der Waals surface area contributed by atoms with Crippen molar-refractivity contribution in [1.82, 2.24) is 24.8 Å². The zero-order valence-corrected chi connectivity index (χ0v) is 14.9. The molecule has 0 bridgehead atoms. The topological polar surface area (TPSA) is 72.7 Å². The van der Waals surface area contributed by atoms with Crippen LogP contribution >= 0.6 is 0 Å². The number of benzene rings is 1. The van der Waals surface area contributed by atoms with Crippen molar-refractivity contribution in [3.63, 3.8) is 0 Å². The molecule has 0 aliphatic carbocycles. The van der Waals surface area contributed by atoms with E-state index in [0.717, 1.165) is 35.4 Å². The molecule has 0 saturated carbocycles. The molecule has 2 aromatic heterocycles. The number of aryl methyl sites for hydroxylation is 1. The van der Waals surface area contributed by atoms with E-state index in [1.165, 1.54) is 6.33 Å². The van der Waals surface area contributed by atoms with Gasteiger partial charge in [-0.2, -0.15) is 0 Å². The van der Waals surface area contributed by atoms with Gasteiger partial charge in [-0.1, -0.05) is 25.5 Å². The van der Waals surface area contributed by atoms with Crippen molar-refractivity contribution < 1.29 is 4.79 Å². The lowest BCUT2D eigenvalue weighted by Gasteiger charge is -2.14. The molecular formula is C19H23N5O. The lowest BCUT2D eigenvalue weighted by atomic mass is 10.1. The molecule has 3 aromatic rings. The highest BCUT2D eigenvalue weighted by atomic mass is 16.1. The van der Waals surface area contributed by atoms with E-state index in [4.69, 9.17) is 0 Å². The van der Waals surface area contributed by atoms with Crippen molar-refractivity contribution >= 4 is 16.9 Å². The van der Waals surface area contributed by atoms with Crippen LogP contribution in [0.15, 0.2) is 36.8 Å². The molecule has 0 radical (unpaired) electrons. The largest absolute Gasteiger partial charge is 0.345 e. The smallest absolute Gasteiger partial charge is 0.255 e. The maximum atomic E-state index is 12.6. The number of imidazole rings is 1. The molecule has 2 heterocycles. The van der Waals surface area contributed by atoms with Gasteiger partial charge in [0.25, 0.3) is 5.91 Å². The van der Waals surface area contributed by atoms with Gasteiger partial charge in [0.2, 0.25) is 0 Å².